The summed E-state index contributed by atoms with van der Waals surface area (Å²) in [4.78, 5) is 10.9. The minimum Gasteiger partial charge on any atom is -0.410 e. The van der Waals surface area contributed by atoms with Crippen LogP contribution in [0.3, 0.4) is 0 Å². The number of hydrogen-bond donors (Lipinski definition) is 1. The van der Waals surface area contributed by atoms with Crippen molar-refractivity contribution < 1.29 is 10.0 Å². The summed E-state index contributed by atoms with van der Waals surface area (Å²) in [7, 11) is 0. The van der Waals surface area contributed by atoms with Crippen LogP contribution in [0.5, 0.6) is 0 Å². The molecule has 0 aliphatic rings. The van der Waals surface area contributed by atoms with Gasteiger partial charge in [0.15, 0.2) is 11.5 Å². The molecule has 0 fully saturated rings. The molecule has 0 bridgehead atoms. The number of Topliss-reactive ketones (excluding diaryl/α,β-unsaturated/α-hetero) is 1. The molecule has 0 aromatic carbocycles. The van der Waals surface area contributed by atoms with Gasteiger partial charge in [0.25, 0.3) is 0 Å². The quantitative estimate of drug-likeness (QED) is 0.416. The Kier molecular flexibility index (Phi) is 1.18. The Hall–Kier alpha value is -1.39. The van der Waals surface area contributed by atoms with E-state index in [2.05, 4.69) is 10.3 Å². The average Bonchev–Trinajstić information content (AvgIpc) is 2.14. The predicted octanol–water partition coefficient (Wildman–Crippen LogP) is -0.282. The molecule has 1 aromatic rings. The van der Waals surface area contributed by atoms with E-state index < -0.39 is 0 Å². The van der Waals surface area contributed by atoms with Gasteiger partial charge in [-0.05, 0) is 5.21 Å². The maximum absolute atomic E-state index is 10.4. The molecule has 5 heteroatoms. The molecule has 1 aromatic heterocycles. The number of nitrogens with zero attached hydrogens (tertiary/aromatic N) is 3. The first-order valence-electron chi connectivity index (χ1n) is 2.32. The topological polar surface area (TPSA) is 68.0 Å². The van der Waals surface area contributed by atoms with Gasteiger partial charge in [0.1, 0.15) is 0 Å². The maximum atomic E-state index is 10.4. The average molecular weight is 127 g/mol. The lowest BCUT2D eigenvalue weighted by Crippen LogP contribution is -1.90. The molecule has 0 unspecified atom stereocenters. The zero-order valence-electron chi connectivity index (χ0n) is 4.77. The first-order chi connectivity index (χ1) is 4.20. The summed E-state index contributed by atoms with van der Waals surface area (Å²) >= 11 is 0. The smallest absolute Gasteiger partial charge is 0.181 e. The van der Waals surface area contributed by atoms with Crippen LogP contribution in [-0.4, -0.2) is 26.1 Å². The Labute approximate surface area is 50.9 Å². The Bertz CT molecular complexity index is 229. The van der Waals surface area contributed by atoms with Crippen LogP contribution in [0.1, 0.15) is 17.4 Å². The highest BCUT2D eigenvalue weighted by Crippen LogP contribution is 1.89. The third kappa shape index (κ3) is 1.04. The summed E-state index contributed by atoms with van der Waals surface area (Å²) in [6.45, 7) is 1.35. The third-order valence-electron chi connectivity index (χ3n) is 0.843. The van der Waals surface area contributed by atoms with Crippen LogP contribution >= 0.6 is 0 Å². The van der Waals surface area contributed by atoms with Crippen LogP contribution in [0.4, 0.5) is 0 Å². The molecule has 0 saturated carbocycles. The van der Waals surface area contributed by atoms with Gasteiger partial charge in [-0.15, -0.1) is 5.10 Å². The van der Waals surface area contributed by atoms with Gasteiger partial charge in [-0.25, -0.2) is 0 Å². The summed E-state index contributed by atoms with van der Waals surface area (Å²) in [5.41, 5.74) is 0.164. The monoisotopic (exact) mass is 127 g/mol. The first kappa shape index (κ1) is 5.74. The van der Waals surface area contributed by atoms with Gasteiger partial charge >= 0.3 is 0 Å². The summed E-state index contributed by atoms with van der Waals surface area (Å²) in [6.07, 6.45) is 1.14. The minimum atomic E-state index is -0.213. The molecule has 5 nitrogen and oxygen atoms in total. The molecule has 0 saturated heterocycles. The van der Waals surface area contributed by atoms with Crippen molar-refractivity contribution in [2.75, 3.05) is 0 Å². The molecule has 0 amide bonds. The molecule has 0 atom stereocenters. The van der Waals surface area contributed by atoms with E-state index in [0.717, 1.165) is 6.20 Å². The lowest BCUT2D eigenvalue weighted by molar-refractivity contribution is 0.101. The standard InChI is InChI=1S/C4H5N3O2/c1-3(8)4-2-7(9)6-5-4/h2,9H,1H3. The Morgan fingerprint density at radius 2 is 2.56 bits per heavy atom. The van der Waals surface area contributed by atoms with E-state index in [0.29, 0.717) is 4.85 Å². The molecule has 1 heterocycles. The zero-order chi connectivity index (χ0) is 6.85. The fraction of sp³-hybridized carbons (Fsp3) is 0.250. The van der Waals surface area contributed by atoms with Crippen LogP contribution in [0.15, 0.2) is 6.20 Å². The van der Waals surface area contributed by atoms with E-state index in [4.69, 9.17) is 5.21 Å². The van der Waals surface area contributed by atoms with Crippen molar-refractivity contribution in [1.82, 2.24) is 15.2 Å². The summed E-state index contributed by atoms with van der Waals surface area (Å²) in [5.74, 6) is -0.213. The number of aromatic nitrogens is 3. The maximum Gasteiger partial charge on any atom is 0.181 e. The van der Waals surface area contributed by atoms with E-state index in [1.54, 1.807) is 0 Å². The van der Waals surface area contributed by atoms with Crippen LogP contribution in [-0.2, 0) is 0 Å². The molecule has 0 spiro atoms. The minimum absolute atomic E-state index is 0.164. The molecule has 0 aliphatic carbocycles. The molecular weight excluding hydrogens is 122 g/mol. The molecule has 9 heavy (non-hydrogen) atoms. The number of carbonyl (C=O) groups is 1. The van der Waals surface area contributed by atoms with Gasteiger partial charge in [0, 0.05) is 6.92 Å². The molecule has 48 valence electrons. The van der Waals surface area contributed by atoms with Gasteiger partial charge < -0.3 is 5.21 Å². The van der Waals surface area contributed by atoms with Crippen molar-refractivity contribution in [1.29, 1.82) is 0 Å². The molecule has 1 N–H and O–H groups in total. The van der Waals surface area contributed by atoms with Gasteiger partial charge in [0.05, 0.1) is 6.20 Å². The summed E-state index contributed by atoms with van der Waals surface area (Å²) in [5, 5.41) is 15.0. The Morgan fingerprint density at radius 1 is 1.89 bits per heavy atom. The molecule has 0 aliphatic heterocycles. The second-order valence-corrected chi connectivity index (χ2v) is 1.58. The lowest BCUT2D eigenvalue weighted by Gasteiger charge is -1.78. The van der Waals surface area contributed by atoms with Gasteiger partial charge in [0.2, 0.25) is 0 Å². The SMILES string of the molecule is CC(=O)c1cn(O)nn1. The van der Waals surface area contributed by atoms with Gasteiger partial charge in [-0.3, -0.25) is 4.79 Å². The highest BCUT2D eigenvalue weighted by Gasteiger charge is 2.02. The number of hydrogen-bond acceptors (Lipinski definition) is 4. The highest BCUT2D eigenvalue weighted by atomic mass is 16.5. The fourth-order valence-electron chi connectivity index (χ4n) is 0.416. The largest absolute Gasteiger partial charge is 0.410 e. The van der Waals surface area contributed by atoms with Crippen LogP contribution < -0.4 is 0 Å². The van der Waals surface area contributed by atoms with E-state index in [-0.39, 0.29) is 11.5 Å². The van der Waals surface area contributed by atoms with Crippen LogP contribution in [0, 0.1) is 0 Å². The van der Waals surface area contributed by atoms with E-state index in [9.17, 15) is 4.79 Å². The number of carbonyl (C=O) groups excluding carboxylic acids is 1. The first-order valence-corrected chi connectivity index (χ1v) is 2.32. The van der Waals surface area contributed by atoms with Gasteiger partial charge in [-0.1, -0.05) is 4.85 Å². The van der Waals surface area contributed by atoms with Crippen molar-refractivity contribution in [2.24, 2.45) is 0 Å². The van der Waals surface area contributed by atoms with Crippen molar-refractivity contribution in [3.8, 4) is 0 Å². The molecule has 1 rings (SSSR count). The summed E-state index contributed by atoms with van der Waals surface area (Å²) < 4.78 is 0. The zero-order valence-corrected chi connectivity index (χ0v) is 4.77. The third-order valence-corrected chi connectivity index (χ3v) is 0.843. The van der Waals surface area contributed by atoms with Crippen molar-refractivity contribution in [3.63, 3.8) is 0 Å². The highest BCUT2D eigenvalue weighted by molar-refractivity contribution is 5.91. The van der Waals surface area contributed by atoms with Crippen LogP contribution in [0.2, 0.25) is 0 Å². The Morgan fingerprint density at radius 3 is 2.78 bits per heavy atom. The normalized spacial score (nSPS) is 9.44. The second-order valence-electron chi connectivity index (χ2n) is 1.58. The molecule has 0 radical (unpaired) electrons. The number of rotatable bonds is 1. The van der Waals surface area contributed by atoms with Crippen molar-refractivity contribution >= 4 is 5.78 Å². The summed E-state index contributed by atoms with van der Waals surface area (Å²) in [6, 6.07) is 0. The van der Waals surface area contributed by atoms with E-state index >= 15 is 0 Å². The van der Waals surface area contributed by atoms with Crippen LogP contribution in [0.25, 0.3) is 0 Å². The van der Waals surface area contributed by atoms with Gasteiger partial charge in [-0.2, -0.15) is 0 Å². The fourth-order valence-corrected chi connectivity index (χ4v) is 0.416. The Balaban J connectivity index is 2.98. The molecular formula is C4H5N3O2. The van der Waals surface area contributed by atoms with E-state index in [1.807, 2.05) is 0 Å². The van der Waals surface area contributed by atoms with Crippen molar-refractivity contribution in [2.45, 2.75) is 6.92 Å². The second kappa shape index (κ2) is 1.85. The number of ketones is 1. The van der Waals surface area contributed by atoms with Crippen molar-refractivity contribution in [3.05, 3.63) is 11.9 Å². The van der Waals surface area contributed by atoms with E-state index in [1.165, 1.54) is 6.92 Å². The predicted molar refractivity (Wildman–Crippen MR) is 27.2 cm³/mol. The lowest BCUT2D eigenvalue weighted by atomic mass is 10.3.